The number of aromatic nitrogens is 3. The summed E-state index contributed by atoms with van der Waals surface area (Å²) in [6.07, 6.45) is 2.15. The highest BCUT2D eigenvalue weighted by molar-refractivity contribution is 7.99. The van der Waals surface area contributed by atoms with Gasteiger partial charge in [0.1, 0.15) is 6.33 Å². The highest BCUT2D eigenvalue weighted by atomic mass is 32.2. The molecule has 2 rings (SSSR count). The largest absolute Gasteiger partial charge is 0.326 e. The molecule has 0 saturated heterocycles. The molecule has 1 amide bonds. The number of nitrogens with one attached hydrogen (secondary N) is 1. The minimum Gasteiger partial charge on any atom is -0.326 e. The molecule has 0 radical (unpaired) electrons. The molecule has 0 saturated carbocycles. The van der Waals surface area contributed by atoms with Crippen LogP contribution in [0, 0.1) is 0 Å². The highest BCUT2D eigenvalue weighted by Crippen LogP contribution is 2.26. The molecule has 6 heteroatoms. The molecule has 0 spiro atoms. The Morgan fingerprint density at radius 1 is 1.39 bits per heavy atom. The summed E-state index contributed by atoms with van der Waals surface area (Å²) in [4.78, 5) is 12.3. The highest BCUT2D eigenvalue weighted by Gasteiger charge is 2.04. The maximum absolute atomic E-state index is 11.2. The van der Waals surface area contributed by atoms with Gasteiger partial charge in [-0.25, -0.2) is 0 Å². The van der Waals surface area contributed by atoms with Gasteiger partial charge in [-0.2, -0.15) is 0 Å². The summed E-state index contributed by atoms with van der Waals surface area (Å²) < 4.78 is 1.86. The van der Waals surface area contributed by atoms with E-state index in [1.165, 1.54) is 11.8 Å². The van der Waals surface area contributed by atoms with Crippen LogP contribution in [0.4, 0.5) is 5.69 Å². The van der Waals surface area contributed by atoms with Crippen molar-refractivity contribution in [3.05, 3.63) is 30.6 Å². The Balaban J connectivity index is 2.04. The summed E-state index contributed by atoms with van der Waals surface area (Å²) in [5.74, 6) is 0.0173. The smallest absolute Gasteiger partial charge is 0.224 e. The second-order valence-electron chi connectivity index (χ2n) is 3.75. The van der Waals surface area contributed by atoms with Crippen molar-refractivity contribution in [2.24, 2.45) is 7.05 Å². The number of carbonyl (C=O) groups is 1. The number of hydrogen-bond donors (Lipinski definition) is 1. The van der Waals surface area contributed by atoms with Gasteiger partial charge in [-0.1, -0.05) is 6.92 Å². The van der Waals surface area contributed by atoms with E-state index >= 15 is 0 Å². The van der Waals surface area contributed by atoms with E-state index in [1.807, 2.05) is 42.8 Å². The Bertz CT molecular complexity index is 535. The van der Waals surface area contributed by atoms with Crippen LogP contribution in [0.5, 0.6) is 0 Å². The first-order valence-corrected chi connectivity index (χ1v) is 6.42. The van der Waals surface area contributed by atoms with E-state index in [0.717, 1.165) is 15.7 Å². The molecule has 1 heterocycles. The number of benzene rings is 1. The van der Waals surface area contributed by atoms with Crippen LogP contribution in [-0.2, 0) is 11.8 Å². The SMILES string of the molecule is CCC(=O)Nc1ccc(Sc2nncn2C)cc1. The molecule has 0 unspecified atom stereocenters. The molecule has 0 atom stereocenters. The van der Waals surface area contributed by atoms with Crippen LogP contribution in [-0.4, -0.2) is 20.7 Å². The Labute approximate surface area is 110 Å². The summed E-state index contributed by atoms with van der Waals surface area (Å²) in [7, 11) is 1.90. The monoisotopic (exact) mass is 262 g/mol. The minimum absolute atomic E-state index is 0.0173. The molecular weight excluding hydrogens is 248 g/mol. The van der Waals surface area contributed by atoms with Gasteiger partial charge in [-0.3, -0.25) is 4.79 Å². The topological polar surface area (TPSA) is 59.8 Å². The van der Waals surface area contributed by atoms with Gasteiger partial charge in [0, 0.05) is 24.1 Å². The molecule has 2 aromatic rings. The number of carbonyl (C=O) groups excluding carboxylic acids is 1. The molecule has 0 aliphatic heterocycles. The Morgan fingerprint density at radius 2 is 2.11 bits per heavy atom. The van der Waals surface area contributed by atoms with Crippen LogP contribution in [0.15, 0.2) is 40.6 Å². The molecule has 0 bridgehead atoms. The predicted molar refractivity (Wildman–Crippen MR) is 70.5 cm³/mol. The summed E-state index contributed by atoms with van der Waals surface area (Å²) in [6, 6.07) is 7.66. The van der Waals surface area contributed by atoms with Crippen LogP contribution in [0.25, 0.3) is 0 Å². The Hall–Kier alpha value is -1.82. The lowest BCUT2D eigenvalue weighted by Gasteiger charge is -2.04. The van der Waals surface area contributed by atoms with Gasteiger partial charge in [0.15, 0.2) is 5.16 Å². The van der Waals surface area contributed by atoms with Crippen molar-refractivity contribution in [2.45, 2.75) is 23.4 Å². The van der Waals surface area contributed by atoms with Crippen LogP contribution < -0.4 is 5.32 Å². The normalized spacial score (nSPS) is 10.3. The van der Waals surface area contributed by atoms with Crippen molar-refractivity contribution in [1.82, 2.24) is 14.8 Å². The molecule has 1 aromatic heterocycles. The third-order valence-corrected chi connectivity index (χ3v) is 3.40. The average Bonchev–Trinajstić information content (AvgIpc) is 2.77. The maximum Gasteiger partial charge on any atom is 0.224 e. The van der Waals surface area contributed by atoms with Gasteiger partial charge in [-0.15, -0.1) is 10.2 Å². The first-order chi connectivity index (χ1) is 8.69. The van der Waals surface area contributed by atoms with Crippen molar-refractivity contribution in [1.29, 1.82) is 0 Å². The van der Waals surface area contributed by atoms with Crippen molar-refractivity contribution in [3.63, 3.8) is 0 Å². The summed E-state index contributed by atoms with van der Waals surface area (Å²) in [6.45, 7) is 1.83. The van der Waals surface area contributed by atoms with Crippen LogP contribution in [0.1, 0.15) is 13.3 Å². The fourth-order valence-electron chi connectivity index (χ4n) is 1.33. The average molecular weight is 262 g/mol. The predicted octanol–water partition coefficient (Wildman–Crippen LogP) is 2.31. The summed E-state index contributed by atoms with van der Waals surface area (Å²) in [5, 5.41) is 11.5. The fourth-order valence-corrected chi connectivity index (χ4v) is 2.09. The lowest BCUT2D eigenvalue weighted by molar-refractivity contribution is -0.115. The van der Waals surface area contributed by atoms with Crippen molar-refractivity contribution >= 4 is 23.4 Å². The third kappa shape index (κ3) is 3.10. The van der Waals surface area contributed by atoms with Crippen LogP contribution in [0.2, 0.25) is 0 Å². The van der Waals surface area contributed by atoms with E-state index in [2.05, 4.69) is 15.5 Å². The zero-order valence-corrected chi connectivity index (χ0v) is 11.1. The first-order valence-electron chi connectivity index (χ1n) is 5.61. The zero-order valence-electron chi connectivity index (χ0n) is 10.3. The second-order valence-corrected chi connectivity index (χ2v) is 4.79. The molecule has 94 valence electrons. The van der Waals surface area contributed by atoms with Crippen molar-refractivity contribution < 1.29 is 4.79 Å². The lowest BCUT2D eigenvalue weighted by atomic mass is 10.3. The van der Waals surface area contributed by atoms with Crippen molar-refractivity contribution in [3.8, 4) is 0 Å². The number of nitrogens with zero attached hydrogens (tertiary/aromatic N) is 3. The van der Waals surface area contributed by atoms with E-state index in [4.69, 9.17) is 0 Å². The van der Waals surface area contributed by atoms with E-state index in [9.17, 15) is 4.79 Å². The van der Waals surface area contributed by atoms with Crippen molar-refractivity contribution in [2.75, 3.05) is 5.32 Å². The molecular formula is C12H14N4OS. The van der Waals surface area contributed by atoms with Crippen LogP contribution >= 0.6 is 11.8 Å². The van der Waals surface area contributed by atoms with E-state index in [-0.39, 0.29) is 5.91 Å². The van der Waals surface area contributed by atoms with E-state index < -0.39 is 0 Å². The van der Waals surface area contributed by atoms with E-state index in [0.29, 0.717) is 6.42 Å². The quantitative estimate of drug-likeness (QED) is 0.918. The molecule has 1 N–H and O–H groups in total. The second kappa shape index (κ2) is 5.68. The molecule has 0 aliphatic carbocycles. The molecule has 1 aromatic carbocycles. The van der Waals surface area contributed by atoms with Crippen LogP contribution in [0.3, 0.4) is 0 Å². The van der Waals surface area contributed by atoms with Gasteiger partial charge in [0.05, 0.1) is 0 Å². The molecule has 0 fully saturated rings. The van der Waals surface area contributed by atoms with Gasteiger partial charge in [-0.05, 0) is 36.0 Å². The number of rotatable bonds is 4. The first kappa shape index (κ1) is 12.6. The number of amides is 1. The minimum atomic E-state index is 0.0173. The number of hydrogen-bond acceptors (Lipinski definition) is 4. The summed E-state index contributed by atoms with van der Waals surface area (Å²) in [5.41, 5.74) is 0.809. The standard InChI is InChI=1S/C12H14N4OS/c1-3-11(17)14-9-4-6-10(7-5-9)18-12-15-13-8-16(12)2/h4-8H,3H2,1-2H3,(H,14,17). The van der Waals surface area contributed by atoms with Gasteiger partial charge in [0.25, 0.3) is 0 Å². The molecule has 5 nitrogen and oxygen atoms in total. The van der Waals surface area contributed by atoms with Gasteiger partial charge in [0.2, 0.25) is 5.91 Å². The maximum atomic E-state index is 11.2. The number of anilines is 1. The third-order valence-electron chi connectivity index (χ3n) is 2.34. The lowest BCUT2D eigenvalue weighted by Crippen LogP contribution is -2.08. The van der Waals surface area contributed by atoms with Gasteiger partial charge < -0.3 is 9.88 Å². The number of aryl methyl sites for hydroxylation is 1. The summed E-state index contributed by atoms with van der Waals surface area (Å²) >= 11 is 1.53. The van der Waals surface area contributed by atoms with Gasteiger partial charge >= 0.3 is 0 Å². The molecule has 18 heavy (non-hydrogen) atoms. The Morgan fingerprint density at radius 3 is 2.67 bits per heavy atom. The fraction of sp³-hybridized carbons (Fsp3) is 0.250. The molecule has 0 aliphatic rings. The Kier molecular flexibility index (Phi) is 3.99. The van der Waals surface area contributed by atoms with E-state index in [1.54, 1.807) is 6.33 Å². The zero-order chi connectivity index (χ0) is 13.0.